The molecule has 0 bridgehead atoms. The number of rotatable bonds is 10. The lowest BCUT2D eigenvalue weighted by Gasteiger charge is -2.27. The van der Waals surface area contributed by atoms with Crippen molar-refractivity contribution in [3.8, 4) is 11.5 Å². The second kappa shape index (κ2) is 11.7. The molecule has 0 aliphatic carbocycles. The average molecular weight is 493 g/mol. The van der Waals surface area contributed by atoms with Gasteiger partial charge in [-0.05, 0) is 49.2 Å². The van der Waals surface area contributed by atoms with Crippen LogP contribution in [0.5, 0.6) is 11.5 Å². The summed E-state index contributed by atoms with van der Waals surface area (Å²) >= 11 is 0. The molecule has 1 N–H and O–H groups in total. The molecule has 1 heterocycles. The predicted octanol–water partition coefficient (Wildman–Crippen LogP) is 2.54. The molecular weight excluding hydrogens is 460 g/mol. The molecule has 1 atom stereocenters. The van der Waals surface area contributed by atoms with Gasteiger partial charge in [-0.1, -0.05) is 12.1 Å². The number of nitrogens with zero attached hydrogens (tertiary/aromatic N) is 1. The van der Waals surface area contributed by atoms with E-state index in [1.54, 1.807) is 45.4 Å². The Morgan fingerprint density at radius 3 is 2.50 bits per heavy atom. The van der Waals surface area contributed by atoms with Crippen molar-refractivity contribution in [1.82, 2.24) is 9.62 Å². The summed E-state index contributed by atoms with van der Waals surface area (Å²) in [6, 6.07) is 9.80. The van der Waals surface area contributed by atoms with Gasteiger partial charge in [0.2, 0.25) is 10.0 Å². The molecule has 3 rings (SSSR count). The zero-order chi connectivity index (χ0) is 24.7. The number of morpholine rings is 1. The van der Waals surface area contributed by atoms with Gasteiger partial charge in [0, 0.05) is 25.8 Å². The zero-order valence-corrected chi connectivity index (χ0v) is 20.8. The topological polar surface area (TPSA) is 103 Å². The second-order valence-corrected chi connectivity index (χ2v) is 9.85. The van der Waals surface area contributed by atoms with Crippen molar-refractivity contribution in [1.29, 1.82) is 0 Å². The minimum atomic E-state index is -3.72. The molecule has 0 aromatic heterocycles. The van der Waals surface area contributed by atoms with Crippen molar-refractivity contribution in [3.63, 3.8) is 0 Å². The summed E-state index contributed by atoms with van der Waals surface area (Å²) in [5.41, 5.74) is 1.68. The number of sulfonamides is 1. The van der Waals surface area contributed by atoms with Crippen LogP contribution in [0.4, 0.5) is 0 Å². The van der Waals surface area contributed by atoms with Gasteiger partial charge >= 0.3 is 0 Å². The fourth-order valence-electron chi connectivity index (χ4n) is 3.62. The molecule has 2 aromatic rings. The van der Waals surface area contributed by atoms with Crippen LogP contribution in [-0.4, -0.2) is 72.4 Å². The molecule has 1 saturated heterocycles. The monoisotopic (exact) mass is 492 g/mol. The minimum Gasteiger partial charge on any atom is -0.493 e. The lowest BCUT2D eigenvalue weighted by Crippen LogP contribution is -2.41. The first-order valence-electron chi connectivity index (χ1n) is 11.1. The molecule has 1 amide bonds. The smallest absolute Gasteiger partial charge is 0.251 e. The standard InChI is InChI=1S/C24H32N2O7S/c1-17-5-6-20(16-23(17)34(28,29)26-9-11-32-12-10-26)24(27)25-18(2)19-7-8-21(22(15-19)31-4)33-14-13-30-3/h5-8,15-16,18H,9-14H2,1-4H3,(H,25,27). The molecular formula is C24H32N2O7S. The number of carbonyl (C=O) groups excluding carboxylic acids is 1. The van der Waals surface area contributed by atoms with E-state index in [0.717, 1.165) is 5.56 Å². The maximum Gasteiger partial charge on any atom is 0.251 e. The van der Waals surface area contributed by atoms with Gasteiger partial charge in [-0.25, -0.2) is 8.42 Å². The largest absolute Gasteiger partial charge is 0.493 e. The van der Waals surface area contributed by atoms with Crippen LogP contribution in [0.2, 0.25) is 0 Å². The number of ether oxygens (including phenoxy) is 4. The van der Waals surface area contributed by atoms with E-state index in [2.05, 4.69) is 5.32 Å². The van der Waals surface area contributed by atoms with Crippen molar-refractivity contribution in [2.75, 3.05) is 53.7 Å². The van der Waals surface area contributed by atoms with Crippen LogP contribution in [0.3, 0.4) is 0 Å². The summed E-state index contributed by atoms with van der Waals surface area (Å²) in [5, 5.41) is 2.93. The van der Waals surface area contributed by atoms with Crippen LogP contribution < -0.4 is 14.8 Å². The molecule has 1 unspecified atom stereocenters. The Hall–Kier alpha value is -2.66. The molecule has 2 aromatic carbocycles. The summed E-state index contributed by atoms with van der Waals surface area (Å²) < 4.78 is 49.0. The molecule has 186 valence electrons. The van der Waals surface area contributed by atoms with E-state index in [0.29, 0.717) is 56.6 Å². The molecule has 0 radical (unpaired) electrons. The highest BCUT2D eigenvalue weighted by Crippen LogP contribution is 2.30. The Balaban J connectivity index is 1.76. The molecule has 10 heteroatoms. The first-order valence-corrected chi connectivity index (χ1v) is 12.5. The number of methoxy groups -OCH3 is 2. The number of carbonyl (C=O) groups is 1. The third kappa shape index (κ3) is 6.06. The number of aryl methyl sites for hydroxylation is 1. The van der Waals surface area contributed by atoms with E-state index in [9.17, 15) is 13.2 Å². The fourth-order valence-corrected chi connectivity index (χ4v) is 5.28. The van der Waals surface area contributed by atoms with E-state index in [1.165, 1.54) is 10.4 Å². The lowest BCUT2D eigenvalue weighted by molar-refractivity contribution is 0.0730. The highest BCUT2D eigenvalue weighted by Gasteiger charge is 2.28. The van der Waals surface area contributed by atoms with Crippen molar-refractivity contribution in [3.05, 3.63) is 53.1 Å². The van der Waals surface area contributed by atoms with Crippen molar-refractivity contribution >= 4 is 15.9 Å². The number of hydrogen-bond acceptors (Lipinski definition) is 7. The normalized spacial score (nSPS) is 15.5. The Labute approximate surface area is 201 Å². The van der Waals surface area contributed by atoms with Gasteiger partial charge in [-0.2, -0.15) is 4.31 Å². The molecule has 1 fully saturated rings. The number of amides is 1. The first kappa shape index (κ1) is 26.0. The van der Waals surface area contributed by atoms with Gasteiger partial charge in [0.25, 0.3) is 5.91 Å². The van der Waals surface area contributed by atoms with Gasteiger partial charge in [0.1, 0.15) is 6.61 Å². The SMILES string of the molecule is COCCOc1ccc(C(C)NC(=O)c2ccc(C)c(S(=O)(=O)N3CCOCC3)c2)cc1OC. The highest BCUT2D eigenvalue weighted by atomic mass is 32.2. The van der Waals surface area contributed by atoms with Crippen molar-refractivity contribution in [2.24, 2.45) is 0 Å². The van der Waals surface area contributed by atoms with Crippen LogP contribution in [0.1, 0.15) is 34.5 Å². The molecule has 9 nitrogen and oxygen atoms in total. The number of nitrogens with one attached hydrogen (secondary N) is 1. The Morgan fingerprint density at radius 1 is 1.09 bits per heavy atom. The Bertz CT molecular complexity index is 1100. The van der Waals surface area contributed by atoms with Gasteiger partial charge in [-0.15, -0.1) is 0 Å². The maximum absolute atomic E-state index is 13.1. The fraction of sp³-hybridized carbons (Fsp3) is 0.458. The van der Waals surface area contributed by atoms with Crippen LogP contribution in [0.25, 0.3) is 0 Å². The van der Waals surface area contributed by atoms with Crippen LogP contribution in [0.15, 0.2) is 41.3 Å². The molecule has 0 spiro atoms. The van der Waals surface area contributed by atoms with Gasteiger partial charge in [-0.3, -0.25) is 4.79 Å². The quantitative estimate of drug-likeness (QED) is 0.509. The van der Waals surface area contributed by atoms with Gasteiger partial charge in [0.15, 0.2) is 11.5 Å². The second-order valence-electron chi connectivity index (χ2n) is 7.94. The van der Waals surface area contributed by atoms with Gasteiger partial charge < -0.3 is 24.3 Å². The summed E-state index contributed by atoms with van der Waals surface area (Å²) in [5.74, 6) is 0.757. The molecule has 34 heavy (non-hydrogen) atoms. The van der Waals surface area contributed by atoms with Gasteiger partial charge in [0.05, 0.1) is 37.9 Å². The van der Waals surface area contributed by atoms with E-state index in [-0.39, 0.29) is 22.4 Å². The molecule has 1 aliphatic rings. The van der Waals surface area contributed by atoms with E-state index < -0.39 is 10.0 Å². The maximum atomic E-state index is 13.1. The minimum absolute atomic E-state index is 0.133. The average Bonchev–Trinajstić information content (AvgIpc) is 2.84. The van der Waals surface area contributed by atoms with Crippen molar-refractivity contribution < 1.29 is 32.2 Å². The summed E-state index contributed by atoms with van der Waals surface area (Å²) in [7, 11) is -0.569. The summed E-state index contributed by atoms with van der Waals surface area (Å²) in [4.78, 5) is 13.1. The first-order chi connectivity index (χ1) is 16.3. The molecule has 0 saturated carbocycles. The van der Waals surface area contributed by atoms with Crippen LogP contribution in [0, 0.1) is 6.92 Å². The van der Waals surface area contributed by atoms with E-state index in [1.807, 2.05) is 13.0 Å². The Morgan fingerprint density at radius 2 is 1.82 bits per heavy atom. The number of hydrogen-bond donors (Lipinski definition) is 1. The van der Waals surface area contributed by atoms with Crippen LogP contribution in [-0.2, 0) is 19.5 Å². The highest BCUT2D eigenvalue weighted by molar-refractivity contribution is 7.89. The predicted molar refractivity (Wildman–Crippen MR) is 127 cm³/mol. The van der Waals surface area contributed by atoms with Crippen molar-refractivity contribution in [2.45, 2.75) is 24.8 Å². The van der Waals surface area contributed by atoms with E-state index >= 15 is 0 Å². The van der Waals surface area contributed by atoms with Crippen LogP contribution >= 0.6 is 0 Å². The summed E-state index contributed by atoms with van der Waals surface area (Å²) in [6.45, 7) is 5.71. The van der Waals surface area contributed by atoms with E-state index in [4.69, 9.17) is 18.9 Å². The summed E-state index contributed by atoms with van der Waals surface area (Å²) in [6.07, 6.45) is 0. The zero-order valence-electron chi connectivity index (χ0n) is 20.0. The number of benzene rings is 2. The Kier molecular flexibility index (Phi) is 8.90. The third-order valence-corrected chi connectivity index (χ3v) is 7.66. The third-order valence-electron chi connectivity index (χ3n) is 5.62. The molecule has 1 aliphatic heterocycles. The lowest BCUT2D eigenvalue weighted by atomic mass is 10.1.